The number of aromatic nitrogens is 1. The molecule has 7 heteroatoms. The molecule has 2 N–H and O–H groups in total. The summed E-state index contributed by atoms with van der Waals surface area (Å²) in [5.41, 5.74) is 2.66. The fraction of sp³-hybridized carbons (Fsp3) is 0.318. The van der Waals surface area contributed by atoms with Gasteiger partial charge in [0.15, 0.2) is 0 Å². The van der Waals surface area contributed by atoms with Crippen LogP contribution < -0.4 is 5.32 Å². The van der Waals surface area contributed by atoms with Crippen molar-refractivity contribution in [2.45, 2.75) is 37.0 Å². The van der Waals surface area contributed by atoms with Crippen molar-refractivity contribution in [2.75, 3.05) is 18.4 Å². The smallest absolute Gasteiger partial charge is 0.243 e. The summed E-state index contributed by atoms with van der Waals surface area (Å²) in [6.45, 7) is 1.12. The van der Waals surface area contributed by atoms with Gasteiger partial charge in [-0.1, -0.05) is 30.7 Å². The molecule has 1 aromatic heterocycles. The number of carbonyl (C=O) groups excluding carboxylic acids is 1. The van der Waals surface area contributed by atoms with Gasteiger partial charge in [0.1, 0.15) is 0 Å². The van der Waals surface area contributed by atoms with Gasteiger partial charge in [0, 0.05) is 42.3 Å². The number of piperidine rings is 1. The van der Waals surface area contributed by atoms with Crippen LogP contribution in [0.15, 0.2) is 59.6 Å². The van der Waals surface area contributed by atoms with Crippen molar-refractivity contribution in [2.24, 2.45) is 0 Å². The summed E-state index contributed by atoms with van der Waals surface area (Å²) < 4.78 is 27.2. The van der Waals surface area contributed by atoms with Crippen molar-refractivity contribution in [1.82, 2.24) is 9.29 Å². The van der Waals surface area contributed by atoms with Gasteiger partial charge in [0.05, 0.1) is 4.90 Å². The van der Waals surface area contributed by atoms with E-state index in [1.165, 1.54) is 4.31 Å². The van der Waals surface area contributed by atoms with Crippen LogP contribution in [-0.2, 0) is 21.2 Å². The molecular formula is C22H25N3O3S. The Morgan fingerprint density at radius 1 is 1.03 bits per heavy atom. The number of aryl methyl sites for hydroxylation is 1. The summed E-state index contributed by atoms with van der Waals surface area (Å²) in [5.74, 6) is -0.136. The quantitative estimate of drug-likeness (QED) is 0.645. The molecule has 0 saturated carbocycles. The van der Waals surface area contributed by atoms with Crippen molar-refractivity contribution < 1.29 is 13.2 Å². The number of rotatable bonds is 6. The van der Waals surface area contributed by atoms with Gasteiger partial charge in [-0.2, -0.15) is 4.31 Å². The molecule has 4 rings (SSSR count). The van der Waals surface area contributed by atoms with Crippen LogP contribution >= 0.6 is 0 Å². The van der Waals surface area contributed by atoms with E-state index in [0.29, 0.717) is 31.6 Å². The molecule has 29 heavy (non-hydrogen) atoms. The number of nitrogens with zero attached hydrogens (tertiary/aromatic N) is 1. The van der Waals surface area contributed by atoms with E-state index in [0.717, 1.165) is 35.7 Å². The third-order valence-corrected chi connectivity index (χ3v) is 7.26. The molecule has 0 bridgehead atoms. The van der Waals surface area contributed by atoms with Crippen LogP contribution in [0.5, 0.6) is 0 Å². The Morgan fingerprint density at radius 3 is 2.66 bits per heavy atom. The lowest BCUT2D eigenvalue weighted by atomic mass is 10.1. The molecule has 0 radical (unpaired) electrons. The van der Waals surface area contributed by atoms with E-state index in [9.17, 15) is 13.2 Å². The van der Waals surface area contributed by atoms with Crippen molar-refractivity contribution in [3.05, 3.63) is 60.3 Å². The second kappa shape index (κ2) is 8.39. The van der Waals surface area contributed by atoms with Crippen LogP contribution in [0.25, 0.3) is 10.9 Å². The molecule has 1 aliphatic rings. The Morgan fingerprint density at radius 2 is 1.83 bits per heavy atom. The average molecular weight is 412 g/mol. The maximum absolute atomic E-state index is 12.8. The highest BCUT2D eigenvalue weighted by atomic mass is 32.2. The van der Waals surface area contributed by atoms with Crippen LogP contribution in [0, 0.1) is 0 Å². The summed E-state index contributed by atoms with van der Waals surface area (Å²) in [6.07, 6.45) is 5.72. The van der Waals surface area contributed by atoms with E-state index in [4.69, 9.17) is 0 Å². The summed E-state index contributed by atoms with van der Waals surface area (Å²) in [6, 6.07) is 14.5. The number of nitrogens with one attached hydrogen (secondary N) is 2. The fourth-order valence-corrected chi connectivity index (χ4v) is 5.36. The van der Waals surface area contributed by atoms with Gasteiger partial charge >= 0.3 is 0 Å². The zero-order valence-corrected chi connectivity index (χ0v) is 17.0. The number of carbonyl (C=O) groups is 1. The maximum atomic E-state index is 12.8. The molecule has 6 nitrogen and oxygen atoms in total. The molecule has 0 aliphatic carbocycles. The second-order valence-corrected chi connectivity index (χ2v) is 9.34. The number of hydrogen-bond donors (Lipinski definition) is 2. The molecule has 0 atom stereocenters. The average Bonchev–Trinajstić information content (AvgIpc) is 3.16. The van der Waals surface area contributed by atoms with E-state index in [-0.39, 0.29) is 10.8 Å². The number of aromatic amines is 1. The highest BCUT2D eigenvalue weighted by molar-refractivity contribution is 7.89. The third-order valence-electron chi connectivity index (χ3n) is 5.37. The second-order valence-electron chi connectivity index (χ2n) is 7.40. The van der Waals surface area contributed by atoms with E-state index in [1.807, 2.05) is 30.5 Å². The Balaban J connectivity index is 1.41. The van der Waals surface area contributed by atoms with Crippen LogP contribution in [0.4, 0.5) is 5.69 Å². The van der Waals surface area contributed by atoms with Gasteiger partial charge in [-0.05, 0) is 49.1 Å². The monoisotopic (exact) mass is 411 g/mol. The van der Waals surface area contributed by atoms with Crippen molar-refractivity contribution >= 4 is 32.5 Å². The first kappa shape index (κ1) is 19.7. The minimum Gasteiger partial charge on any atom is -0.361 e. The standard InChI is InChI=1S/C22H25N3O3S/c26-22(12-11-17-16-23-21-10-3-2-9-20(17)21)24-18-7-6-8-19(15-18)29(27,28)25-13-4-1-5-14-25/h2-3,6-10,15-16,23H,1,4-5,11-14H2,(H,24,26). The lowest BCUT2D eigenvalue weighted by molar-refractivity contribution is -0.116. The zero-order valence-electron chi connectivity index (χ0n) is 16.2. The van der Waals surface area contributed by atoms with Crippen LogP contribution in [0.1, 0.15) is 31.2 Å². The highest BCUT2D eigenvalue weighted by Gasteiger charge is 2.26. The molecule has 1 fully saturated rings. The molecule has 1 aliphatic heterocycles. The van der Waals surface area contributed by atoms with E-state index < -0.39 is 10.0 Å². The number of sulfonamides is 1. The summed E-state index contributed by atoms with van der Waals surface area (Å²) >= 11 is 0. The normalized spacial score (nSPS) is 15.4. The van der Waals surface area contributed by atoms with Crippen LogP contribution in [-0.4, -0.2) is 36.7 Å². The zero-order chi connectivity index (χ0) is 20.3. The Labute approximate surface area is 171 Å². The number of para-hydroxylation sites is 1. The number of hydrogen-bond acceptors (Lipinski definition) is 3. The van der Waals surface area contributed by atoms with E-state index >= 15 is 0 Å². The first-order valence-electron chi connectivity index (χ1n) is 9.99. The Hall–Kier alpha value is -2.64. The Kier molecular flexibility index (Phi) is 5.69. The third kappa shape index (κ3) is 4.36. The number of anilines is 1. The first-order valence-corrected chi connectivity index (χ1v) is 11.4. The highest BCUT2D eigenvalue weighted by Crippen LogP contribution is 2.23. The summed E-state index contributed by atoms with van der Waals surface area (Å²) in [4.78, 5) is 15.9. The van der Waals surface area contributed by atoms with Gasteiger partial charge in [0.25, 0.3) is 0 Å². The minimum atomic E-state index is -3.51. The predicted octanol–water partition coefficient (Wildman–Crippen LogP) is 3.91. The minimum absolute atomic E-state index is 0.136. The van der Waals surface area contributed by atoms with Gasteiger partial charge in [0.2, 0.25) is 15.9 Å². The summed E-state index contributed by atoms with van der Waals surface area (Å²) in [7, 11) is -3.51. The lowest BCUT2D eigenvalue weighted by Crippen LogP contribution is -2.35. The molecular weight excluding hydrogens is 386 g/mol. The van der Waals surface area contributed by atoms with Crippen LogP contribution in [0.2, 0.25) is 0 Å². The largest absolute Gasteiger partial charge is 0.361 e. The van der Waals surface area contributed by atoms with Crippen molar-refractivity contribution in [3.63, 3.8) is 0 Å². The number of fused-ring (bicyclic) bond motifs is 1. The molecule has 2 heterocycles. The topological polar surface area (TPSA) is 82.3 Å². The van der Waals surface area contributed by atoms with Gasteiger partial charge in [-0.25, -0.2) is 8.42 Å². The molecule has 2 aromatic carbocycles. The number of benzene rings is 2. The van der Waals surface area contributed by atoms with Crippen molar-refractivity contribution in [3.8, 4) is 0 Å². The van der Waals surface area contributed by atoms with Gasteiger partial charge < -0.3 is 10.3 Å². The predicted molar refractivity (Wildman–Crippen MR) is 114 cm³/mol. The molecule has 1 amide bonds. The number of amides is 1. The molecule has 0 spiro atoms. The fourth-order valence-electron chi connectivity index (χ4n) is 3.80. The van der Waals surface area contributed by atoms with Crippen LogP contribution in [0.3, 0.4) is 0 Å². The first-order chi connectivity index (χ1) is 14.0. The molecule has 0 unspecified atom stereocenters. The summed E-state index contributed by atoms with van der Waals surface area (Å²) in [5, 5.41) is 3.96. The maximum Gasteiger partial charge on any atom is 0.243 e. The van der Waals surface area contributed by atoms with Gasteiger partial charge in [-0.15, -0.1) is 0 Å². The van der Waals surface area contributed by atoms with Gasteiger partial charge in [-0.3, -0.25) is 4.79 Å². The Bertz CT molecular complexity index is 1120. The lowest BCUT2D eigenvalue weighted by Gasteiger charge is -2.26. The van der Waals surface area contributed by atoms with E-state index in [2.05, 4.69) is 10.3 Å². The van der Waals surface area contributed by atoms with E-state index in [1.54, 1.807) is 24.3 Å². The molecule has 152 valence electrons. The molecule has 3 aromatic rings. The number of H-pyrrole nitrogens is 1. The van der Waals surface area contributed by atoms with Crippen molar-refractivity contribution in [1.29, 1.82) is 0 Å². The SMILES string of the molecule is O=C(CCc1c[nH]c2ccccc12)Nc1cccc(S(=O)(=O)N2CCCCC2)c1. The molecule has 1 saturated heterocycles.